The van der Waals surface area contributed by atoms with Gasteiger partial charge in [-0.15, -0.1) is 0 Å². The molecule has 29 heavy (non-hydrogen) atoms. The van der Waals surface area contributed by atoms with Gasteiger partial charge in [-0.2, -0.15) is 0 Å². The first-order valence-electron chi connectivity index (χ1n) is 9.86. The Hall–Kier alpha value is -3.47. The van der Waals surface area contributed by atoms with Crippen molar-refractivity contribution >= 4 is 17.5 Å². The third-order valence-corrected chi connectivity index (χ3v) is 5.24. The molecule has 0 saturated carbocycles. The maximum absolute atomic E-state index is 13.1. The van der Waals surface area contributed by atoms with Crippen LogP contribution in [0.2, 0.25) is 0 Å². The number of hydrogen-bond acceptors (Lipinski definition) is 3. The molecule has 2 amide bonds. The summed E-state index contributed by atoms with van der Waals surface area (Å²) < 4.78 is 0. The van der Waals surface area contributed by atoms with E-state index in [4.69, 9.17) is 0 Å². The Kier molecular flexibility index (Phi) is 5.38. The van der Waals surface area contributed by atoms with Crippen molar-refractivity contribution in [2.75, 3.05) is 18.0 Å². The lowest BCUT2D eigenvalue weighted by Crippen LogP contribution is -2.32. The molecule has 1 aliphatic heterocycles. The van der Waals surface area contributed by atoms with Gasteiger partial charge in [0.15, 0.2) is 0 Å². The average molecular weight is 385 g/mol. The molecule has 5 nitrogen and oxygen atoms in total. The molecule has 0 N–H and O–H groups in total. The van der Waals surface area contributed by atoms with Crippen molar-refractivity contribution in [3.05, 3.63) is 95.3 Å². The van der Waals surface area contributed by atoms with E-state index >= 15 is 0 Å². The van der Waals surface area contributed by atoms with Gasteiger partial charge in [0.1, 0.15) is 5.69 Å². The van der Waals surface area contributed by atoms with E-state index in [0.717, 1.165) is 23.2 Å². The molecule has 146 valence electrons. The van der Waals surface area contributed by atoms with E-state index in [1.807, 2.05) is 61.5 Å². The number of carbonyl (C=O) groups excluding carboxylic acids is 2. The largest absolute Gasteiger partial charge is 0.335 e. The third-order valence-electron chi connectivity index (χ3n) is 5.24. The van der Waals surface area contributed by atoms with Gasteiger partial charge in [-0.25, -0.2) is 0 Å². The maximum atomic E-state index is 13.1. The molecule has 0 unspecified atom stereocenters. The molecular formula is C24H23N3O2. The predicted molar refractivity (Wildman–Crippen MR) is 113 cm³/mol. The number of benzene rings is 2. The monoisotopic (exact) mass is 385 g/mol. The summed E-state index contributed by atoms with van der Waals surface area (Å²) in [6.45, 7) is 3.70. The summed E-state index contributed by atoms with van der Waals surface area (Å²) in [4.78, 5) is 33.9. The second-order valence-corrected chi connectivity index (χ2v) is 7.07. The van der Waals surface area contributed by atoms with Crippen LogP contribution in [0.3, 0.4) is 0 Å². The summed E-state index contributed by atoms with van der Waals surface area (Å²) in [5.41, 5.74) is 3.93. The molecule has 4 rings (SSSR count). The van der Waals surface area contributed by atoms with Crippen LogP contribution in [0.15, 0.2) is 72.9 Å². The van der Waals surface area contributed by atoms with E-state index in [1.165, 1.54) is 0 Å². The minimum atomic E-state index is -0.171. The molecule has 1 aromatic heterocycles. The Balaban J connectivity index is 1.55. The van der Waals surface area contributed by atoms with Crippen molar-refractivity contribution < 1.29 is 9.59 Å². The Labute approximate surface area is 170 Å². The zero-order chi connectivity index (χ0) is 20.2. The van der Waals surface area contributed by atoms with E-state index < -0.39 is 0 Å². The first kappa shape index (κ1) is 18.9. The molecular weight excluding hydrogens is 362 g/mol. The van der Waals surface area contributed by atoms with E-state index in [2.05, 4.69) is 4.98 Å². The van der Waals surface area contributed by atoms with E-state index in [1.54, 1.807) is 28.1 Å². The summed E-state index contributed by atoms with van der Waals surface area (Å²) in [6, 6.07) is 21.1. The fourth-order valence-corrected chi connectivity index (χ4v) is 3.68. The molecule has 0 aliphatic carbocycles. The number of rotatable bonds is 5. The zero-order valence-corrected chi connectivity index (χ0v) is 16.4. The van der Waals surface area contributed by atoms with Gasteiger partial charge in [-0.3, -0.25) is 14.6 Å². The van der Waals surface area contributed by atoms with Gasteiger partial charge in [0.05, 0.1) is 0 Å². The van der Waals surface area contributed by atoms with Crippen LogP contribution in [0.25, 0.3) is 0 Å². The number of pyridine rings is 1. The number of aromatic nitrogens is 1. The van der Waals surface area contributed by atoms with E-state index in [9.17, 15) is 9.59 Å². The summed E-state index contributed by atoms with van der Waals surface area (Å²) in [7, 11) is 0. The van der Waals surface area contributed by atoms with Crippen LogP contribution >= 0.6 is 0 Å². The Morgan fingerprint density at radius 3 is 2.59 bits per heavy atom. The van der Waals surface area contributed by atoms with Crippen LogP contribution < -0.4 is 4.90 Å². The standard InChI is InChI=1S/C24H23N3O2/c1-2-26(17-18-8-4-3-5-9-18)23(28)20-12-14-25-21(16-20)24(29)27-15-13-19-10-6-7-11-22(19)27/h3-12,14,16H,2,13,15,17H2,1H3. The highest BCUT2D eigenvalue weighted by Crippen LogP contribution is 2.28. The summed E-state index contributed by atoms with van der Waals surface area (Å²) in [5.74, 6) is -0.273. The van der Waals surface area contributed by atoms with Crippen LogP contribution in [-0.4, -0.2) is 34.8 Å². The molecule has 0 fully saturated rings. The molecule has 0 saturated heterocycles. The van der Waals surface area contributed by atoms with Gasteiger partial charge in [0, 0.05) is 37.1 Å². The number of para-hydroxylation sites is 1. The van der Waals surface area contributed by atoms with Gasteiger partial charge >= 0.3 is 0 Å². The highest BCUT2D eigenvalue weighted by atomic mass is 16.2. The third kappa shape index (κ3) is 3.90. The normalized spacial score (nSPS) is 12.5. The van der Waals surface area contributed by atoms with Crippen LogP contribution in [0.4, 0.5) is 5.69 Å². The number of amides is 2. The molecule has 0 radical (unpaired) electrons. The average Bonchev–Trinajstić information content (AvgIpc) is 3.21. The molecule has 0 bridgehead atoms. The molecule has 1 aliphatic rings. The highest BCUT2D eigenvalue weighted by Gasteiger charge is 2.26. The van der Waals surface area contributed by atoms with Crippen molar-refractivity contribution in [3.63, 3.8) is 0 Å². The van der Waals surface area contributed by atoms with Crippen molar-refractivity contribution in [3.8, 4) is 0 Å². The number of nitrogens with zero attached hydrogens (tertiary/aromatic N) is 3. The molecule has 0 atom stereocenters. The maximum Gasteiger partial charge on any atom is 0.276 e. The summed E-state index contributed by atoms with van der Waals surface area (Å²) in [6.07, 6.45) is 2.38. The number of hydrogen-bond donors (Lipinski definition) is 0. The van der Waals surface area contributed by atoms with Crippen LogP contribution in [0.1, 0.15) is 38.9 Å². The number of fused-ring (bicyclic) bond motifs is 1. The molecule has 5 heteroatoms. The summed E-state index contributed by atoms with van der Waals surface area (Å²) >= 11 is 0. The predicted octanol–water partition coefficient (Wildman–Crippen LogP) is 3.95. The number of anilines is 1. The van der Waals surface area contributed by atoms with E-state index in [-0.39, 0.29) is 11.8 Å². The minimum absolute atomic E-state index is 0.102. The van der Waals surface area contributed by atoms with Gasteiger partial charge in [-0.05, 0) is 42.7 Å². The topological polar surface area (TPSA) is 53.5 Å². The van der Waals surface area contributed by atoms with Crippen LogP contribution in [0, 0.1) is 0 Å². The van der Waals surface area contributed by atoms with Gasteiger partial charge in [0.25, 0.3) is 11.8 Å². The first-order valence-corrected chi connectivity index (χ1v) is 9.86. The van der Waals surface area contributed by atoms with E-state index in [0.29, 0.717) is 30.9 Å². The molecule has 2 heterocycles. The highest BCUT2D eigenvalue weighted by molar-refractivity contribution is 6.07. The first-order chi connectivity index (χ1) is 14.2. The molecule has 2 aromatic carbocycles. The van der Waals surface area contributed by atoms with Crippen molar-refractivity contribution in [2.45, 2.75) is 19.9 Å². The smallest absolute Gasteiger partial charge is 0.276 e. The van der Waals surface area contributed by atoms with Gasteiger partial charge < -0.3 is 9.80 Å². The second-order valence-electron chi connectivity index (χ2n) is 7.07. The van der Waals surface area contributed by atoms with Crippen molar-refractivity contribution in [2.24, 2.45) is 0 Å². The van der Waals surface area contributed by atoms with Crippen LogP contribution in [-0.2, 0) is 13.0 Å². The Morgan fingerprint density at radius 1 is 1.03 bits per heavy atom. The van der Waals surface area contributed by atoms with Gasteiger partial charge in [0.2, 0.25) is 0 Å². The van der Waals surface area contributed by atoms with Gasteiger partial charge in [-0.1, -0.05) is 48.5 Å². The lowest BCUT2D eigenvalue weighted by atomic mass is 10.1. The number of carbonyl (C=O) groups is 2. The van der Waals surface area contributed by atoms with Crippen molar-refractivity contribution in [1.29, 1.82) is 0 Å². The zero-order valence-electron chi connectivity index (χ0n) is 16.4. The Morgan fingerprint density at radius 2 is 1.79 bits per heavy atom. The minimum Gasteiger partial charge on any atom is -0.335 e. The molecule has 3 aromatic rings. The second kappa shape index (κ2) is 8.27. The van der Waals surface area contributed by atoms with Crippen LogP contribution in [0.5, 0.6) is 0 Å². The fraction of sp³-hybridized carbons (Fsp3) is 0.208. The summed E-state index contributed by atoms with van der Waals surface area (Å²) in [5, 5.41) is 0. The lowest BCUT2D eigenvalue weighted by Gasteiger charge is -2.22. The fourth-order valence-electron chi connectivity index (χ4n) is 3.68. The SMILES string of the molecule is CCN(Cc1ccccc1)C(=O)c1ccnc(C(=O)N2CCc3ccccc32)c1. The quantitative estimate of drug-likeness (QED) is 0.668. The lowest BCUT2D eigenvalue weighted by molar-refractivity contribution is 0.0752. The molecule has 0 spiro atoms. The van der Waals surface area contributed by atoms with Crippen molar-refractivity contribution in [1.82, 2.24) is 9.88 Å². The Bertz CT molecular complexity index is 1030.